The summed E-state index contributed by atoms with van der Waals surface area (Å²) in [6.07, 6.45) is 5.71. The zero-order valence-corrected chi connectivity index (χ0v) is 10.3. The number of hydrogen-bond acceptors (Lipinski definition) is 4. The first kappa shape index (κ1) is 12.2. The quantitative estimate of drug-likeness (QED) is 0.749. The predicted molar refractivity (Wildman–Crippen MR) is 69.7 cm³/mol. The summed E-state index contributed by atoms with van der Waals surface area (Å²) >= 11 is 0. The van der Waals surface area contributed by atoms with Gasteiger partial charge in [0.05, 0.1) is 11.3 Å². The third kappa shape index (κ3) is 3.09. The summed E-state index contributed by atoms with van der Waals surface area (Å²) in [7, 11) is 0. The van der Waals surface area contributed by atoms with E-state index in [0.29, 0.717) is 18.3 Å². The Hall–Kier alpha value is -1.29. The normalized spacial score (nSPS) is 28.9. The lowest BCUT2D eigenvalue weighted by molar-refractivity contribution is -0.000750. The molecule has 0 aromatic carbocycles. The van der Waals surface area contributed by atoms with E-state index in [1.807, 2.05) is 12.1 Å². The van der Waals surface area contributed by atoms with Gasteiger partial charge in [-0.3, -0.25) is 0 Å². The molecule has 0 amide bonds. The fourth-order valence-corrected chi connectivity index (χ4v) is 2.62. The molecule has 4 heteroatoms. The van der Waals surface area contributed by atoms with Crippen LogP contribution in [0, 0.1) is 5.92 Å². The number of aliphatic hydroxyl groups is 1. The molecule has 2 unspecified atom stereocenters. The summed E-state index contributed by atoms with van der Waals surface area (Å²) in [6, 6.07) is 3.73. The fourth-order valence-electron chi connectivity index (χ4n) is 2.62. The highest BCUT2D eigenvalue weighted by molar-refractivity contribution is 5.60. The molecule has 0 saturated heterocycles. The number of aromatic nitrogens is 1. The topological polar surface area (TPSA) is 71.2 Å². The molecule has 0 radical (unpaired) electrons. The number of nitrogen functional groups attached to an aromatic ring is 1. The maximum atomic E-state index is 10.5. The third-order valence-electron chi connectivity index (χ3n) is 3.51. The SMILES string of the molecule is CC1CCCC(O)(CNc2cccnc2N)C1. The second-order valence-electron chi connectivity index (χ2n) is 5.22. The molecule has 1 aliphatic rings. The number of rotatable bonds is 3. The average Bonchev–Trinajstić information content (AvgIpc) is 2.28. The van der Waals surface area contributed by atoms with Crippen molar-refractivity contribution in [3.8, 4) is 0 Å². The first-order valence-electron chi connectivity index (χ1n) is 6.26. The molecular formula is C13H21N3O. The Kier molecular flexibility index (Phi) is 3.52. The Morgan fingerprint density at radius 3 is 3.18 bits per heavy atom. The van der Waals surface area contributed by atoms with E-state index < -0.39 is 5.60 Å². The lowest BCUT2D eigenvalue weighted by Crippen LogP contribution is -2.41. The highest BCUT2D eigenvalue weighted by atomic mass is 16.3. The van der Waals surface area contributed by atoms with E-state index in [2.05, 4.69) is 17.2 Å². The average molecular weight is 235 g/mol. The van der Waals surface area contributed by atoms with E-state index in [1.54, 1.807) is 6.20 Å². The van der Waals surface area contributed by atoms with Gasteiger partial charge in [-0.15, -0.1) is 0 Å². The van der Waals surface area contributed by atoms with Crippen LogP contribution in [0.5, 0.6) is 0 Å². The van der Waals surface area contributed by atoms with Crippen molar-refractivity contribution in [2.45, 2.75) is 38.2 Å². The number of anilines is 2. The Bertz CT molecular complexity index is 383. The number of nitrogens with zero attached hydrogens (tertiary/aromatic N) is 1. The smallest absolute Gasteiger partial charge is 0.146 e. The van der Waals surface area contributed by atoms with Crippen LogP contribution in [0.4, 0.5) is 11.5 Å². The molecule has 2 atom stereocenters. The number of nitrogens with one attached hydrogen (secondary N) is 1. The van der Waals surface area contributed by atoms with Gasteiger partial charge in [-0.25, -0.2) is 4.98 Å². The second kappa shape index (κ2) is 4.92. The maximum Gasteiger partial charge on any atom is 0.146 e. The van der Waals surface area contributed by atoms with Gasteiger partial charge < -0.3 is 16.2 Å². The molecule has 0 bridgehead atoms. The molecule has 17 heavy (non-hydrogen) atoms. The van der Waals surface area contributed by atoms with Gasteiger partial charge in [0.15, 0.2) is 0 Å². The minimum atomic E-state index is -0.597. The number of hydrogen-bond donors (Lipinski definition) is 3. The van der Waals surface area contributed by atoms with E-state index in [9.17, 15) is 5.11 Å². The van der Waals surface area contributed by atoms with Crippen LogP contribution in [-0.2, 0) is 0 Å². The lowest BCUT2D eigenvalue weighted by atomic mass is 9.79. The second-order valence-corrected chi connectivity index (χ2v) is 5.22. The van der Waals surface area contributed by atoms with E-state index in [1.165, 1.54) is 6.42 Å². The van der Waals surface area contributed by atoms with Gasteiger partial charge in [-0.2, -0.15) is 0 Å². The molecule has 4 nitrogen and oxygen atoms in total. The first-order chi connectivity index (χ1) is 8.09. The Labute approximate surface area is 102 Å². The summed E-state index contributed by atoms with van der Waals surface area (Å²) < 4.78 is 0. The van der Waals surface area contributed by atoms with Crippen LogP contribution in [0.2, 0.25) is 0 Å². The highest BCUT2D eigenvalue weighted by Crippen LogP contribution is 2.32. The van der Waals surface area contributed by atoms with Crippen LogP contribution in [-0.4, -0.2) is 22.2 Å². The van der Waals surface area contributed by atoms with Gasteiger partial charge in [-0.1, -0.05) is 19.8 Å². The van der Waals surface area contributed by atoms with Gasteiger partial charge in [0.2, 0.25) is 0 Å². The third-order valence-corrected chi connectivity index (χ3v) is 3.51. The summed E-state index contributed by atoms with van der Waals surface area (Å²) in [6.45, 7) is 2.75. The number of nitrogens with two attached hydrogens (primary N) is 1. The van der Waals surface area contributed by atoms with Gasteiger partial charge in [0, 0.05) is 12.7 Å². The van der Waals surface area contributed by atoms with Crippen molar-refractivity contribution in [1.82, 2.24) is 4.98 Å². The highest BCUT2D eigenvalue weighted by Gasteiger charge is 2.32. The molecule has 1 aliphatic carbocycles. The molecule has 1 aromatic rings. The van der Waals surface area contributed by atoms with Gasteiger partial charge >= 0.3 is 0 Å². The van der Waals surface area contributed by atoms with E-state index in [4.69, 9.17) is 5.73 Å². The summed E-state index contributed by atoms with van der Waals surface area (Å²) in [5.41, 5.74) is 5.96. The van der Waals surface area contributed by atoms with Crippen LogP contribution >= 0.6 is 0 Å². The van der Waals surface area contributed by atoms with Crippen molar-refractivity contribution in [2.24, 2.45) is 5.92 Å². The Morgan fingerprint density at radius 1 is 1.65 bits per heavy atom. The van der Waals surface area contributed by atoms with E-state index in [0.717, 1.165) is 24.9 Å². The van der Waals surface area contributed by atoms with Gasteiger partial charge in [-0.05, 0) is 30.9 Å². The molecular weight excluding hydrogens is 214 g/mol. The molecule has 0 spiro atoms. The van der Waals surface area contributed by atoms with Crippen LogP contribution in [0.25, 0.3) is 0 Å². The minimum Gasteiger partial charge on any atom is -0.388 e. The summed E-state index contributed by atoms with van der Waals surface area (Å²) in [5, 5.41) is 13.7. The zero-order valence-electron chi connectivity index (χ0n) is 10.3. The van der Waals surface area contributed by atoms with E-state index in [-0.39, 0.29) is 0 Å². The summed E-state index contributed by atoms with van der Waals surface area (Å²) in [5.74, 6) is 1.08. The van der Waals surface area contributed by atoms with E-state index >= 15 is 0 Å². The zero-order chi connectivity index (χ0) is 12.3. The molecule has 1 fully saturated rings. The van der Waals surface area contributed by atoms with Crippen LogP contribution in [0.3, 0.4) is 0 Å². The van der Waals surface area contributed by atoms with Crippen LogP contribution < -0.4 is 11.1 Å². The monoisotopic (exact) mass is 235 g/mol. The van der Waals surface area contributed by atoms with Crippen molar-refractivity contribution in [3.63, 3.8) is 0 Å². The van der Waals surface area contributed by atoms with Gasteiger partial charge in [0.1, 0.15) is 5.82 Å². The van der Waals surface area contributed by atoms with Crippen LogP contribution in [0.15, 0.2) is 18.3 Å². The van der Waals surface area contributed by atoms with Crippen molar-refractivity contribution in [2.75, 3.05) is 17.6 Å². The van der Waals surface area contributed by atoms with Crippen molar-refractivity contribution in [3.05, 3.63) is 18.3 Å². The van der Waals surface area contributed by atoms with Gasteiger partial charge in [0.25, 0.3) is 0 Å². The predicted octanol–water partition coefficient (Wildman–Crippen LogP) is 2.02. The molecule has 1 heterocycles. The standard InChI is InChI=1S/C13H21N3O/c1-10-4-2-6-13(17,8-10)9-16-11-5-3-7-15-12(11)14/h3,5,7,10,16-17H,2,4,6,8-9H2,1H3,(H2,14,15). The molecule has 1 aromatic heterocycles. The first-order valence-corrected chi connectivity index (χ1v) is 6.26. The molecule has 4 N–H and O–H groups in total. The molecule has 0 aliphatic heterocycles. The largest absolute Gasteiger partial charge is 0.388 e. The van der Waals surface area contributed by atoms with Crippen molar-refractivity contribution >= 4 is 11.5 Å². The lowest BCUT2D eigenvalue weighted by Gasteiger charge is -2.35. The maximum absolute atomic E-state index is 10.5. The molecule has 1 saturated carbocycles. The Balaban J connectivity index is 1.95. The molecule has 2 rings (SSSR count). The Morgan fingerprint density at radius 2 is 2.47 bits per heavy atom. The van der Waals surface area contributed by atoms with Crippen molar-refractivity contribution < 1.29 is 5.11 Å². The minimum absolute atomic E-state index is 0.486. The van der Waals surface area contributed by atoms with Crippen molar-refractivity contribution in [1.29, 1.82) is 0 Å². The fraction of sp³-hybridized carbons (Fsp3) is 0.615. The van der Waals surface area contributed by atoms with Crippen LogP contribution in [0.1, 0.15) is 32.6 Å². The number of pyridine rings is 1. The molecule has 94 valence electrons. The summed E-state index contributed by atoms with van der Waals surface area (Å²) in [4.78, 5) is 4.01.